The third-order valence-electron chi connectivity index (χ3n) is 3.89. The number of halogens is 1. The molecule has 1 aliphatic heterocycles. The molecule has 1 aromatic rings. The number of hydrogen-bond acceptors (Lipinski definition) is 3. The number of nitrogens with two attached hydrogens (primary N) is 1. The molecule has 1 fully saturated rings. The lowest BCUT2D eigenvalue weighted by Crippen LogP contribution is -2.39. The van der Waals surface area contributed by atoms with E-state index in [0.717, 1.165) is 36.0 Å². The van der Waals surface area contributed by atoms with Crippen molar-refractivity contribution >= 4 is 11.6 Å². The molecule has 1 heterocycles. The van der Waals surface area contributed by atoms with Crippen LogP contribution in [0.5, 0.6) is 5.75 Å². The molecule has 0 aromatic heterocycles. The van der Waals surface area contributed by atoms with Crippen LogP contribution in [-0.4, -0.2) is 31.1 Å². The van der Waals surface area contributed by atoms with E-state index < -0.39 is 0 Å². The van der Waals surface area contributed by atoms with Crippen molar-refractivity contribution in [1.29, 1.82) is 0 Å². The van der Waals surface area contributed by atoms with Gasteiger partial charge in [0.1, 0.15) is 5.75 Å². The van der Waals surface area contributed by atoms with Crippen LogP contribution in [-0.2, 0) is 6.54 Å². The maximum atomic E-state index is 6.10. The Morgan fingerprint density at radius 3 is 2.95 bits per heavy atom. The van der Waals surface area contributed by atoms with Crippen molar-refractivity contribution in [2.24, 2.45) is 5.73 Å². The van der Waals surface area contributed by atoms with Crippen molar-refractivity contribution in [3.63, 3.8) is 0 Å². The summed E-state index contributed by atoms with van der Waals surface area (Å²) in [5, 5.41) is 0.759. The van der Waals surface area contributed by atoms with Gasteiger partial charge >= 0.3 is 0 Å². The first-order valence-electron chi connectivity index (χ1n) is 7.01. The Bertz CT molecular complexity index is 411. The zero-order chi connectivity index (χ0) is 13.7. The van der Waals surface area contributed by atoms with Crippen LogP contribution in [0.3, 0.4) is 0 Å². The Hall–Kier alpha value is -0.770. The Morgan fingerprint density at radius 1 is 1.37 bits per heavy atom. The predicted molar refractivity (Wildman–Crippen MR) is 79.7 cm³/mol. The first-order valence-corrected chi connectivity index (χ1v) is 7.39. The molecule has 1 atom stereocenters. The minimum Gasteiger partial charge on any atom is -0.496 e. The molecule has 0 saturated carbocycles. The average molecular weight is 283 g/mol. The van der Waals surface area contributed by atoms with Crippen LogP contribution in [0.15, 0.2) is 18.2 Å². The van der Waals surface area contributed by atoms with E-state index in [9.17, 15) is 0 Å². The van der Waals surface area contributed by atoms with Crippen LogP contribution in [0.25, 0.3) is 0 Å². The molecule has 106 valence electrons. The SMILES string of the molecule is COc1ccc(Cl)cc1CN1CCCCCC1CN. The summed E-state index contributed by atoms with van der Waals surface area (Å²) < 4.78 is 5.43. The summed E-state index contributed by atoms with van der Waals surface area (Å²) in [6, 6.07) is 6.28. The molecule has 0 spiro atoms. The highest BCUT2D eigenvalue weighted by molar-refractivity contribution is 6.30. The predicted octanol–water partition coefficient (Wildman–Crippen LogP) is 3.05. The van der Waals surface area contributed by atoms with Crippen LogP contribution in [0.1, 0.15) is 31.2 Å². The molecule has 1 aromatic carbocycles. The molecule has 1 aliphatic rings. The smallest absolute Gasteiger partial charge is 0.123 e. The van der Waals surface area contributed by atoms with E-state index in [4.69, 9.17) is 22.1 Å². The van der Waals surface area contributed by atoms with Gasteiger partial charge in [-0.3, -0.25) is 4.90 Å². The Balaban J connectivity index is 2.15. The average Bonchev–Trinajstić information content (AvgIpc) is 2.64. The topological polar surface area (TPSA) is 38.5 Å². The molecule has 2 rings (SSSR count). The van der Waals surface area contributed by atoms with Crippen molar-refractivity contribution in [2.75, 3.05) is 20.2 Å². The molecular formula is C15H23ClN2O. The molecule has 0 aliphatic carbocycles. The van der Waals surface area contributed by atoms with E-state index in [-0.39, 0.29) is 0 Å². The summed E-state index contributed by atoms with van der Waals surface area (Å²) in [7, 11) is 1.70. The highest BCUT2D eigenvalue weighted by atomic mass is 35.5. The van der Waals surface area contributed by atoms with Gasteiger partial charge in [-0.1, -0.05) is 24.4 Å². The lowest BCUT2D eigenvalue weighted by molar-refractivity contribution is 0.193. The van der Waals surface area contributed by atoms with Crippen LogP contribution < -0.4 is 10.5 Å². The van der Waals surface area contributed by atoms with Gasteiger partial charge in [0.2, 0.25) is 0 Å². The van der Waals surface area contributed by atoms with Crippen LogP contribution in [0.4, 0.5) is 0 Å². The molecule has 0 bridgehead atoms. The van der Waals surface area contributed by atoms with Gasteiger partial charge in [-0.2, -0.15) is 0 Å². The van der Waals surface area contributed by atoms with Gasteiger partial charge in [0.05, 0.1) is 7.11 Å². The molecular weight excluding hydrogens is 260 g/mol. The molecule has 1 unspecified atom stereocenters. The second-order valence-corrected chi connectivity index (χ2v) is 5.60. The first kappa shape index (κ1) is 14.6. The van der Waals surface area contributed by atoms with Crippen molar-refractivity contribution in [3.05, 3.63) is 28.8 Å². The van der Waals surface area contributed by atoms with Gasteiger partial charge in [0, 0.05) is 29.7 Å². The summed E-state index contributed by atoms with van der Waals surface area (Å²) in [6.07, 6.45) is 5.03. The van der Waals surface area contributed by atoms with Crippen molar-refractivity contribution in [1.82, 2.24) is 4.90 Å². The summed E-state index contributed by atoms with van der Waals surface area (Å²) in [5.74, 6) is 0.907. The van der Waals surface area contributed by atoms with Gasteiger partial charge in [0.25, 0.3) is 0 Å². The monoisotopic (exact) mass is 282 g/mol. The normalized spacial score (nSPS) is 21.1. The number of rotatable bonds is 4. The van der Waals surface area contributed by atoms with Crippen LogP contribution >= 0.6 is 11.6 Å². The van der Waals surface area contributed by atoms with Gasteiger partial charge in [-0.25, -0.2) is 0 Å². The molecule has 4 heteroatoms. The molecule has 19 heavy (non-hydrogen) atoms. The summed E-state index contributed by atoms with van der Waals surface area (Å²) in [5.41, 5.74) is 7.07. The largest absolute Gasteiger partial charge is 0.496 e. The number of likely N-dealkylation sites (tertiary alicyclic amines) is 1. The highest BCUT2D eigenvalue weighted by Crippen LogP contribution is 2.26. The maximum Gasteiger partial charge on any atom is 0.123 e. The fraction of sp³-hybridized carbons (Fsp3) is 0.600. The second kappa shape index (κ2) is 7.13. The fourth-order valence-electron chi connectivity index (χ4n) is 2.80. The lowest BCUT2D eigenvalue weighted by Gasteiger charge is -2.29. The number of hydrogen-bond donors (Lipinski definition) is 1. The van der Waals surface area contributed by atoms with Gasteiger partial charge in [-0.05, 0) is 37.6 Å². The molecule has 0 amide bonds. The van der Waals surface area contributed by atoms with Crippen LogP contribution in [0, 0.1) is 0 Å². The van der Waals surface area contributed by atoms with E-state index in [1.54, 1.807) is 7.11 Å². The minimum atomic E-state index is 0.478. The van der Waals surface area contributed by atoms with Crippen molar-refractivity contribution < 1.29 is 4.74 Å². The van der Waals surface area contributed by atoms with Crippen molar-refractivity contribution in [2.45, 2.75) is 38.3 Å². The zero-order valence-corrected chi connectivity index (χ0v) is 12.3. The molecule has 3 nitrogen and oxygen atoms in total. The van der Waals surface area contributed by atoms with E-state index in [1.165, 1.54) is 25.7 Å². The van der Waals surface area contributed by atoms with Gasteiger partial charge < -0.3 is 10.5 Å². The quantitative estimate of drug-likeness (QED) is 0.922. The van der Waals surface area contributed by atoms with E-state index in [0.29, 0.717) is 6.04 Å². The van der Waals surface area contributed by atoms with Gasteiger partial charge in [-0.15, -0.1) is 0 Å². The number of methoxy groups -OCH3 is 1. The number of benzene rings is 1. The van der Waals surface area contributed by atoms with Crippen LogP contribution in [0.2, 0.25) is 5.02 Å². The summed E-state index contributed by atoms with van der Waals surface area (Å²) >= 11 is 6.10. The van der Waals surface area contributed by atoms with E-state index in [2.05, 4.69) is 4.90 Å². The maximum absolute atomic E-state index is 6.10. The lowest BCUT2D eigenvalue weighted by atomic mass is 10.1. The first-order chi connectivity index (χ1) is 9.24. The fourth-order valence-corrected chi connectivity index (χ4v) is 3.00. The molecule has 1 saturated heterocycles. The van der Waals surface area contributed by atoms with Gasteiger partial charge in [0.15, 0.2) is 0 Å². The molecule has 0 radical (unpaired) electrons. The van der Waals surface area contributed by atoms with E-state index in [1.807, 2.05) is 18.2 Å². The second-order valence-electron chi connectivity index (χ2n) is 5.17. The third kappa shape index (κ3) is 3.85. The Morgan fingerprint density at radius 2 is 2.21 bits per heavy atom. The molecule has 2 N–H and O–H groups in total. The Labute approximate surface area is 120 Å². The third-order valence-corrected chi connectivity index (χ3v) is 4.12. The number of ether oxygens (including phenoxy) is 1. The zero-order valence-electron chi connectivity index (χ0n) is 11.6. The Kier molecular flexibility index (Phi) is 5.49. The summed E-state index contributed by atoms with van der Waals surface area (Å²) in [4.78, 5) is 2.47. The minimum absolute atomic E-state index is 0.478. The van der Waals surface area contributed by atoms with E-state index >= 15 is 0 Å². The van der Waals surface area contributed by atoms with Crippen molar-refractivity contribution in [3.8, 4) is 5.75 Å². The standard InChI is InChI=1S/C15H23ClN2O/c1-19-15-7-6-13(16)9-12(15)11-18-8-4-2-3-5-14(18)10-17/h6-7,9,14H,2-5,8,10-11,17H2,1H3. The highest BCUT2D eigenvalue weighted by Gasteiger charge is 2.20. The number of nitrogens with zero attached hydrogens (tertiary/aromatic N) is 1. The summed E-state index contributed by atoms with van der Waals surface area (Å²) in [6.45, 7) is 2.70.